The minimum Gasteiger partial charge on any atom is -0.477 e. The van der Waals surface area contributed by atoms with Crippen LogP contribution in [-0.2, 0) is 0 Å². The molecule has 2 N–H and O–H groups in total. The van der Waals surface area contributed by atoms with Crippen molar-refractivity contribution in [2.75, 3.05) is 18.0 Å². The summed E-state index contributed by atoms with van der Waals surface area (Å²) in [5.74, 6) is -1.73. The smallest absolute Gasteiger partial charge is 0.341 e. The fourth-order valence-corrected chi connectivity index (χ4v) is 4.24. The van der Waals surface area contributed by atoms with Crippen LogP contribution in [0.25, 0.3) is 10.9 Å². The molecule has 0 radical (unpaired) electrons. The highest BCUT2D eigenvalue weighted by Crippen LogP contribution is 2.39. The van der Waals surface area contributed by atoms with Gasteiger partial charge in [0.2, 0.25) is 5.43 Å². The zero-order valence-electron chi connectivity index (χ0n) is 13.5. The van der Waals surface area contributed by atoms with Gasteiger partial charge in [0.15, 0.2) is 0 Å². The Kier molecular flexibility index (Phi) is 3.01. The minimum atomic E-state index is -1.27. The van der Waals surface area contributed by atoms with E-state index < -0.39 is 17.2 Å². The van der Waals surface area contributed by atoms with E-state index in [0.717, 1.165) is 32.4 Å². The van der Waals surface area contributed by atoms with Gasteiger partial charge in [-0.3, -0.25) is 4.79 Å². The predicted molar refractivity (Wildman–Crippen MR) is 90.9 cm³/mol. The molecule has 1 aromatic carbocycles. The quantitative estimate of drug-likeness (QED) is 0.888. The van der Waals surface area contributed by atoms with Gasteiger partial charge >= 0.3 is 5.97 Å². The molecule has 0 amide bonds. The van der Waals surface area contributed by atoms with E-state index in [9.17, 15) is 19.1 Å². The van der Waals surface area contributed by atoms with E-state index >= 15 is 0 Å². The summed E-state index contributed by atoms with van der Waals surface area (Å²) in [6.45, 7) is 1.60. The van der Waals surface area contributed by atoms with Gasteiger partial charge in [-0.05, 0) is 31.4 Å². The van der Waals surface area contributed by atoms with E-state index in [0.29, 0.717) is 17.2 Å². The predicted octanol–water partition coefficient (Wildman–Crippen LogP) is 1.72. The van der Waals surface area contributed by atoms with Crippen LogP contribution in [0.4, 0.5) is 10.1 Å². The average Bonchev–Trinajstić information content (AvgIpc) is 3.21. The van der Waals surface area contributed by atoms with Crippen molar-refractivity contribution in [3.05, 3.63) is 39.9 Å². The van der Waals surface area contributed by atoms with Gasteiger partial charge in [0.05, 0.1) is 11.2 Å². The van der Waals surface area contributed by atoms with Crippen LogP contribution in [-0.4, -0.2) is 40.8 Å². The zero-order valence-corrected chi connectivity index (χ0v) is 13.5. The number of piperazine rings is 1. The van der Waals surface area contributed by atoms with E-state index in [1.165, 1.54) is 12.3 Å². The number of pyridine rings is 1. The molecule has 3 heterocycles. The van der Waals surface area contributed by atoms with Crippen LogP contribution in [0.1, 0.15) is 35.7 Å². The molecule has 2 saturated heterocycles. The lowest BCUT2D eigenvalue weighted by Crippen LogP contribution is -2.44. The number of nitrogens with zero attached hydrogens (tertiary/aromatic N) is 2. The number of carboxylic acids is 1. The van der Waals surface area contributed by atoms with Crippen LogP contribution in [0, 0.1) is 5.82 Å². The Hall–Kier alpha value is -2.41. The van der Waals surface area contributed by atoms with Gasteiger partial charge in [-0.15, -0.1) is 0 Å². The second-order valence-corrected chi connectivity index (χ2v) is 7.28. The Balaban J connectivity index is 1.73. The Morgan fingerprint density at radius 3 is 2.68 bits per heavy atom. The van der Waals surface area contributed by atoms with E-state index in [2.05, 4.69) is 10.2 Å². The lowest BCUT2D eigenvalue weighted by atomic mass is 10.1. The molecular formula is C18H18FN3O3. The molecule has 1 aliphatic carbocycles. The number of aromatic nitrogens is 1. The normalized spacial score (nSPS) is 25.1. The number of halogens is 1. The summed E-state index contributed by atoms with van der Waals surface area (Å²) in [5, 5.41) is 12.8. The number of aromatic carboxylic acids is 1. The third kappa shape index (κ3) is 2.18. The summed E-state index contributed by atoms with van der Waals surface area (Å²) >= 11 is 0. The minimum absolute atomic E-state index is 0.149. The van der Waals surface area contributed by atoms with Crippen LogP contribution in [0.3, 0.4) is 0 Å². The van der Waals surface area contributed by atoms with Crippen molar-refractivity contribution in [2.24, 2.45) is 0 Å². The molecule has 3 aliphatic rings. The molecule has 5 rings (SSSR count). The van der Waals surface area contributed by atoms with Crippen LogP contribution < -0.4 is 15.6 Å². The molecule has 2 aliphatic heterocycles. The summed E-state index contributed by atoms with van der Waals surface area (Å²) < 4.78 is 16.6. The fourth-order valence-electron chi connectivity index (χ4n) is 4.24. The maximum atomic E-state index is 14.8. The van der Waals surface area contributed by atoms with Gasteiger partial charge in [0.25, 0.3) is 0 Å². The number of hydrogen-bond acceptors (Lipinski definition) is 4. The number of nitrogens with one attached hydrogen (secondary N) is 1. The molecule has 1 aromatic heterocycles. The van der Waals surface area contributed by atoms with Crippen molar-refractivity contribution in [2.45, 2.75) is 37.4 Å². The van der Waals surface area contributed by atoms with Gasteiger partial charge in [-0.2, -0.15) is 0 Å². The van der Waals surface area contributed by atoms with Crippen molar-refractivity contribution in [3.63, 3.8) is 0 Å². The SMILES string of the molecule is O=C(O)c1cn(C2CC2)c2cc(N3CC4C[C@H]3CN4)c(F)cc2c1=O. The topological polar surface area (TPSA) is 74.6 Å². The van der Waals surface area contributed by atoms with Crippen LogP contribution in [0.5, 0.6) is 0 Å². The second kappa shape index (κ2) is 5.05. The maximum absolute atomic E-state index is 14.8. The van der Waals surface area contributed by atoms with Crippen molar-refractivity contribution >= 4 is 22.6 Å². The molecule has 2 atom stereocenters. The fraction of sp³-hybridized carbons (Fsp3) is 0.444. The first-order valence-electron chi connectivity index (χ1n) is 8.64. The van der Waals surface area contributed by atoms with E-state index in [1.54, 1.807) is 6.07 Å². The number of rotatable bonds is 3. The number of carboxylic acid groups (broad SMARTS) is 1. The van der Waals surface area contributed by atoms with E-state index in [1.807, 2.05) is 4.57 Å². The largest absolute Gasteiger partial charge is 0.477 e. The summed E-state index contributed by atoms with van der Waals surface area (Å²) in [7, 11) is 0. The zero-order chi connectivity index (χ0) is 17.3. The summed E-state index contributed by atoms with van der Waals surface area (Å²) in [6.07, 6.45) is 4.32. The monoisotopic (exact) mass is 343 g/mol. The number of benzene rings is 1. The molecule has 6 nitrogen and oxygen atoms in total. The second-order valence-electron chi connectivity index (χ2n) is 7.28. The van der Waals surface area contributed by atoms with Gasteiger partial charge in [-0.25, -0.2) is 9.18 Å². The van der Waals surface area contributed by atoms with Crippen molar-refractivity contribution in [3.8, 4) is 0 Å². The number of anilines is 1. The van der Waals surface area contributed by atoms with Crippen molar-refractivity contribution < 1.29 is 14.3 Å². The molecule has 130 valence electrons. The first-order valence-corrected chi connectivity index (χ1v) is 8.64. The van der Waals surface area contributed by atoms with Crippen LogP contribution in [0.15, 0.2) is 23.1 Å². The Morgan fingerprint density at radius 1 is 1.28 bits per heavy atom. The maximum Gasteiger partial charge on any atom is 0.341 e. The molecule has 7 heteroatoms. The highest BCUT2D eigenvalue weighted by Gasteiger charge is 2.39. The van der Waals surface area contributed by atoms with Gasteiger partial charge in [0.1, 0.15) is 11.4 Å². The molecule has 2 bridgehead atoms. The highest BCUT2D eigenvalue weighted by atomic mass is 19.1. The number of carbonyl (C=O) groups is 1. The van der Waals surface area contributed by atoms with Crippen LogP contribution >= 0.6 is 0 Å². The standard InChI is InChI=1S/C18H18FN3O3/c19-14-4-12-15(5-16(14)21-7-9-3-11(21)6-20-9)22(10-1-2-10)8-13(17(12)23)18(24)25/h4-5,8-11,20H,1-3,6-7H2,(H,24,25)/t9?,11-/m0/s1. The molecule has 0 spiro atoms. The summed E-state index contributed by atoms with van der Waals surface area (Å²) in [6, 6.07) is 3.81. The Labute approximate surface area is 142 Å². The van der Waals surface area contributed by atoms with E-state index in [-0.39, 0.29) is 23.0 Å². The molecule has 2 aromatic rings. The molecule has 25 heavy (non-hydrogen) atoms. The third-order valence-corrected chi connectivity index (χ3v) is 5.64. The number of fused-ring (bicyclic) bond motifs is 3. The molecule has 1 unspecified atom stereocenters. The van der Waals surface area contributed by atoms with E-state index in [4.69, 9.17) is 0 Å². The van der Waals surface area contributed by atoms with Crippen molar-refractivity contribution in [1.29, 1.82) is 0 Å². The molecule has 1 saturated carbocycles. The van der Waals surface area contributed by atoms with Gasteiger partial charge in [0, 0.05) is 42.8 Å². The first-order chi connectivity index (χ1) is 12.0. The van der Waals surface area contributed by atoms with Crippen molar-refractivity contribution in [1.82, 2.24) is 9.88 Å². The van der Waals surface area contributed by atoms with Gasteiger partial charge in [-0.1, -0.05) is 0 Å². The number of hydrogen-bond donors (Lipinski definition) is 2. The lowest BCUT2D eigenvalue weighted by Gasteiger charge is -2.30. The van der Waals surface area contributed by atoms with Gasteiger partial charge < -0.3 is 19.9 Å². The summed E-state index contributed by atoms with van der Waals surface area (Å²) in [5.41, 5.74) is 0.230. The molecule has 3 fully saturated rings. The van der Waals surface area contributed by atoms with Crippen LogP contribution in [0.2, 0.25) is 0 Å². The average molecular weight is 343 g/mol. The third-order valence-electron chi connectivity index (χ3n) is 5.64. The Morgan fingerprint density at radius 2 is 2.08 bits per heavy atom. The lowest BCUT2D eigenvalue weighted by molar-refractivity contribution is 0.0695. The first kappa shape index (κ1) is 14.9. The Bertz CT molecular complexity index is 966. The summed E-state index contributed by atoms with van der Waals surface area (Å²) in [4.78, 5) is 26.0. The molecular weight excluding hydrogens is 325 g/mol. The highest BCUT2D eigenvalue weighted by molar-refractivity contribution is 5.93.